The molecule has 4 N–H and O–H groups in total. The van der Waals surface area contributed by atoms with E-state index in [0.29, 0.717) is 24.8 Å². The second kappa shape index (κ2) is 9.60. The molecule has 0 spiro atoms. The van der Waals surface area contributed by atoms with E-state index in [9.17, 15) is 24.4 Å². The van der Waals surface area contributed by atoms with Crippen molar-refractivity contribution in [3.05, 3.63) is 54.4 Å². The summed E-state index contributed by atoms with van der Waals surface area (Å²) in [6, 6.07) is -3.10. The fourth-order valence-corrected chi connectivity index (χ4v) is 5.76. The highest BCUT2D eigenvalue weighted by atomic mass is 35.5. The van der Waals surface area contributed by atoms with Crippen molar-refractivity contribution in [2.75, 3.05) is 5.73 Å². The molecule has 3 unspecified atom stereocenters. The number of anilines is 1. The highest BCUT2D eigenvalue weighted by Crippen LogP contribution is 2.38. The first kappa shape index (κ1) is 24.0. The molecule has 2 aromatic heterocycles. The Labute approximate surface area is 206 Å². The van der Waals surface area contributed by atoms with Crippen LogP contribution in [0.2, 0.25) is 4.34 Å². The van der Waals surface area contributed by atoms with Crippen LogP contribution in [0.4, 0.5) is 5.13 Å². The number of carboxylic acid groups (broad SMARTS) is 1. The first-order chi connectivity index (χ1) is 16.2. The molecule has 14 heteroatoms. The van der Waals surface area contributed by atoms with E-state index < -0.39 is 35.9 Å². The summed E-state index contributed by atoms with van der Waals surface area (Å²) in [4.78, 5) is 59.1. The van der Waals surface area contributed by atoms with Crippen molar-refractivity contribution in [1.29, 1.82) is 0 Å². The molecule has 0 aromatic carbocycles. The summed E-state index contributed by atoms with van der Waals surface area (Å²) in [6.45, 7) is 1.90. The molecular formula is C20H19ClN6O5S2. The second-order valence-electron chi connectivity index (χ2n) is 7.67. The third kappa shape index (κ3) is 4.33. The van der Waals surface area contributed by atoms with Gasteiger partial charge >= 0.3 is 5.97 Å². The molecule has 34 heavy (non-hydrogen) atoms. The number of hydrogen-bond acceptors (Lipinski definition) is 10. The monoisotopic (exact) mass is 522 g/mol. The van der Waals surface area contributed by atoms with Crippen LogP contribution >= 0.6 is 34.3 Å². The Bertz CT molecular complexity index is 1240. The maximum Gasteiger partial charge on any atom is 0.352 e. The summed E-state index contributed by atoms with van der Waals surface area (Å²) in [5, 5.41) is 15.1. The number of aryl methyl sites for hydroxylation is 1. The zero-order valence-corrected chi connectivity index (χ0v) is 20.1. The molecule has 0 radical (unpaired) electrons. The summed E-state index contributed by atoms with van der Waals surface area (Å²) < 4.78 is 0.0533. The standard InChI is InChI=1S/C20H19ClN6O5S2/c1-8-11(33-7-23-8)4-2-3-9-5-6-10-12(18(29)27(10)15(9)19(30)31)24-17(28)14(26-32)13-16(21)34-20(22)25-13/h2-3,7,10,12,14H,4-6H2,1H3,(H2,22,25)(H,24,28)(H,30,31). The minimum absolute atomic E-state index is 0.0533. The number of aromatic nitrogens is 2. The number of carbonyl (C=O) groups is 3. The van der Waals surface area contributed by atoms with Crippen molar-refractivity contribution >= 4 is 57.2 Å². The van der Waals surface area contributed by atoms with Gasteiger partial charge in [0.25, 0.3) is 11.8 Å². The lowest BCUT2D eigenvalue weighted by molar-refractivity contribution is -0.156. The van der Waals surface area contributed by atoms with Crippen molar-refractivity contribution in [1.82, 2.24) is 20.2 Å². The summed E-state index contributed by atoms with van der Waals surface area (Å²) in [7, 11) is 0. The number of nitrogens with zero attached hydrogens (tertiary/aromatic N) is 4. The van der Waals surface area contributed by atoms with Crippen molar-refractivity contribution in [3.63, 3.8) is 0 Å². The van der Waals surface area contributed by atoms with E-state index in [2.05, 4.69) is 20.5 Å². The third-order valence-electron chi connectivity index (χ3n) is 5.68. The second-order valence-corrected chi connectivity index (χ2v) is 10.2. The first-order valence-electron chi connectivity index (χ1n) is 10.1. The minimum atomic E-state index is -1.57. The van der Waals surface area contributed by atoms with Crippen LogP contribution in [-0.2, 0) is 20.8 Å². The Morgan fingerprint density at radius 3 is 2.85 bits per heavy atom. The van der Waals surface area contributed by atoms with E-state index in [1.807, 2.05) is 13.0 Å². The molecule has 178 valence electrons. The van der Waals surface area contributed by atoms with Crippen LogP contribution < -0.4 is 11.1 Å². The molecule has 2 amide bonds. The van der Waals surface area contributed by atoms with Crippen molar-refractivity contribution in [2.45, 2.75) is 44.3 Å². The van der Waals surface area contributed by atoms with Gasteiger partial charge in [-0.15, -0.1) is 16.2 Å². The number of allylic oxidation sites excluding steroid dienone is 3. The van der Waals surface area contributed by atoms with E-state index in [1.54, 1.807) is 11.6 Å². The SMILES string of the molecule is Cc1ncsc1CC=CC1=C(C(=O)O)N2C(=O)C(NC(=O)C(N=O)c3nc(N)sc3Cl)C2CC1. The Kier molecular flexibility index (Phi) is 6.77. The van der Waals surface area contributed by atoms with Gasteiger partial charge in [0.2, 0.25) is 6.04 Å². The number of aliphatic carboxylic acids is 1. The zero-order valence-electron chi connectivity index (χ0n) is 17.7. The van der Waals surface area contributed by atoms with Gasteiger partial charge in [-0.25, -0.2) is 14.8 Å². The number of carbonyl (C=O) groups excluding carboxylic acids is 2. The number of nitrogens with two attached hydrogens (primary N) is 1. The predicted octanol–water partition coefficient (Wildman–Crippen LogP) is 2.58. The lowest BCUT2D eigenvalue weighted by Crippen LogP contribution is -2.71. The largest absolute Gasteiger partial charge is 0.477 e. The molecule has 1 fully saturated rings. The van der Waals surface area contributed by atoms with Gasteiger partial charge in [0.15, 0.2) is 5.13 Å². The summed E-state index contributed by atoms with van der Waals surface area (Å²) in [5.74, 6) is -2.66. The fraction of sp³-hybridized carbons (Fsp3) is 0.350. The molecule has 0 bridgehead atoms. The Morgan fingerprint density at radius 1 is 1.50 bits per heavy atom. The van der Waals surface area contributed by atoms with Gasteiger partial charge in [-0.3, -0.25) is 14.5 Å². The molecule has 2 aliphatic rings. The van der Waals surface area contributed by atoms with Crippen LogP contribution in [0.25, 0.3) is 0 Å². The highest BCUT2D eigenvalue weighted by molar-refractivity contribution is 7.19. The highest BCUT2D eigenvalue weighted by Gasteiger charge is 2.53. The molecule has 0 aliphatic carbocycles. The van der Waals surface area contributed by atoms with Gasteiger partial charge in [0.1, 0.15) is 21.8 Å². The van der Waals surface area contributed by atoms with Crippen LogP contribution in [0.5, 0.6) is 0 Å². The number of nitrogens with one attached hydrogen (secondary N) is 1. The molecule has 1 saturated heterocycles. The van der Waals surface area contributed by atoms with Crippen molar-refractivity contribution < 1.29 is 19.5 Å². The molecule has 0 saturated carbocycles. The van der Waals surface area contributed by atoms with Crippen LogP contribution in [-0.4, -0.2) is 49.8 Å². The molecule has 3 atom stereocenters. The Hall–Kier alpha value is -3.16. The van der Waals surface area contributed by atoms with E-state index in [4.69, 9.17) is 17.3 Å². The molecule has 2 aromatic rings. The van der Waals surface area contributed by atoms with Crippen LogP contribution in [0.3, 0.4) is 0 Å². The number of halogens is 1. The van der Waals surface area contributed by atoms with Crippen molar-refractivity contribution in [3.8, 4) is 0 Å². The van der Waals surface area contributed by atoms with E-state index in [-0.39, 0.29) is 20.9 Å². The van der Waals surface area contributed by atoms with E-state index in [1.165, 1.54) is 16.2 Å². The number of amides is 2. The van der Waals surface area contributed by atoms with Crippen LogP contribution in [0.15, 0.2) is 34.1 Å². The fourth-order valence-electron chi connectivity index (χ4n) is 4.04. The predicted molar refractivity (Wildman–Crippen MR) is 126 cm³/mol. The molecular weight excluding hydrogens is 504 g/mol. The average Bonchev–Trinajstić information content (AvgIpc) is 3.35. The number of nitroso groups, excluding NO2 is 1. The lowest BCUT2D eigenvalue weighted by atomic mass is 9.83. The smallest absolute Gasteiger partial charge is 0.352 e. The number of carboxylic acids is 1. The summed E-state index contributed by atoms with van der Waals surface area (Å²) >= 11 is 8.39. The zero-order chi connectivity index (χ0) is 24.6. The van der Waals surface area contributed by atoms with Gasteiger partial charge in [0, 0.05) is 11.3 Å². The lowest BCUT2D eigenvalue weighted by Gasteiger charge is -2.50. The Morgan fingerprint density at radius 2 is 2.26 bits per heavy atom. The first-order valence-corrected chi connectivity index (χ1v) is 12.2. The van der Waals surface area contributed by atoms with Gasteiger partial charge in [-0.05, 0) is 30.5 Å². The molecule has 4 heterocycles. The van der Waals surface area contributed by atoms with E-state index in [0.717, 1.165) is 21.9 Å². The van der Waals surface area contributed by atoms with Gasteiger partial charge in [-0.1, -0.05) is 35.1 Å². The third-order valence-corrected chi connectivity index (χ3v) is 7.75. The maximum atomic E-state index is 12.8. The molecule has 2 aliphatic heterocycles. The minimum Gasteiger partial charge on any atom is -0.477 e. The number of thiazole rings is 2. The number of hydrogen-bond donors (Lipinski definition) is 3. The molecule has 4 rings (SSSR count). The number of nitrogen functional groups attached to an aromatic ring is 1. The normalized spacial score (nSPS) is 20.8. The number of β-lactam (4-membered cyclic amide) rings is 1. The maximum absolute atomic E-state index is 12.8. The van der Waals surface area contributed by atoms with Crippen LogP contribution in [0.1, 0.15) is 35.1 Å². The van der Waals surface area contributed by atoms with Crippen molar-refractivity contribution in [2.24, 2.45) is 5.18 Å². The topological polar surface area (TPSA) is 168 Å². The number of fused-ring (bicyclic) bond motifs is 1. The van der Waals surface area contributed by atoms with Gasteiger partial charge in [0.05, 0.1) is 17.2 Å². The van der Waals surface area contributed by atoms with E-state index >= 15 is 0 Å². The molecule has 11 nitrogen and oxygen atoms in total. The number of rotatable bonds is 8. The summed E-state index contributed by atoms with van der Waals surface area (Å²) in [6.07, 6.45) is 5.03. The average molecular weight is 523 g/mol. The quantitative estimate of drug-likeness (QED) is 0.351. The van der Waals surface area contributed by atoms with Gasteiger partial charge in [-0.2, -0.15) is 0 Å². The van der Waals surface area contributed by atoms with Crippen LogP contribution in [0, 0.1) is 11.8 Å². The Balaban J connectivity index is 1.49. The summed E-state index contributed by atoms with van der Waals surface area (Å²) in [5.41, 5.74) is 8.58. The van der Waals surface area contributed by atoms with Gasteiger partial charge < -0.3 is 16.2 Å².